The molecule has 1 aliphatic rings. The first kappa shape index (κ1) is 19.6. The number of sulfonamides is 1. The molecule has 0 aliphatic carbocycles. The van der Waals surface area contributed by atoms with Gasteiger partial charge in [0.1, 0.15) is 22.0 Å². The Labute approximate surface area is 171 Å². The summed E-state index contributed by atoms with van der Waals surface area (Å²) in [6, 6.07) is 8.71. The number of fused-ring (bicyclic) bond motifs is 2. The van der Waals surface area contributed by atoms with Crippen LogP contribution in [0.1, 0.15) is 13.8 Å². The summed E-state index contributed by atoms with van der Waals surface area (Å²) in [5.41, 5.74) is 1.25. The smallest absolute Gasteiger partial charge is 0.243 e. The van der Waals surface area contributed by atoms with Crippen LogP contribution in [0.2, 0.25) is 0 Å². The summed E-state index contributed by atoms with van der Waals surface area (Å²) < 4.78 is 47.1. The number of anilines is 1. The van der Waals surface area contributed by atoms with Crippen LogP contribution in [0.3, 0.4) is 0 Å². The van der Waals surface area contributed by atoms with Crippen molar-refractivity contribution in [2.45, 2.75) is 24.8 Å². The molecule has 0 saturated heterocycles. The van der Waals surface area contributed by atoms with E-state index < -0.39 is 22.0 Å². The van der Waals surface area contributed by atoms with Gasteiger partial charge < -0.3 is 14.8 Å². The Morgan fingerprint density at radius 3 is 2.72 bits per heavy atom. The Morgan fingerprint density at radius 1 is 1.14 bits per heavy atom. The number of hydrogen-bond acceptors (Lipinski definition) is 8. The zero-order valence-corrected chi connectivity index (χ0v) is 17.2. The fourth-order valence-electron chi connectivity index (χ4n) is 2.92. The summed E-state index contributed by atoms with van der Waals surface area (Å²) in [7, 11) is -4.00. The minimum atomic E-state index is -4.00. The predicted molar refractivity (Wildman–Crippen MR) is 108 cm³/mol. The number of carbonyl (C=O) groups excluding carboxylic acids is 1. The summed E-state index contributed by atoms with van der Waals surface area (Å²) in [5, 5.41) is 2.73. The molecule has 0 unspecified atom stereocenters. The molecule has 1 atom stereocenters. The van der Waals surface area contributed by atoms with Crippen molar-refractivity contribution < 1.29 is 22.7 Å². The first-order valence-electron chi connectivity index (χ1n) is 8.79. The Kier molecular flexibility index (Phi) is 5.11. The number of benzene rings is 2. The van der Waals surface area contributed by atoms with Crippen LogP contribution in [-0.4, -0.2) is 35.9 Å². The number of ether oxygens (including phenoxy) is 2. The van der Waals surface area contributed by atoms with Crippen molar-refractivity contribution in [3.63, 3.8) is 0 Å². The minimum Gasteiger partial charge on any atom is -0.454 e. The number of carbonyl (C=O) groups is 1. The number of nitrogens with zero attached hydrogens (tertiary/aromatic N) is 2. The molecule has 11 heteroatoms. The van der Waals surface area contributed by atoms with Gasteiger partial charge >= 0.3 is 0 Å². The van der Waals surface area contributed by atoms with Gasteiger partial charge in [-0.25, -0.2) is 8.42 Å². The molecule has 3 aromatic rings. The summed E-state index contributed by atoms with van der Waals surface area (Å²) >= 11 is 0.933. The fourth-order valence-corrected chi connectivity index (χ4v) is 5.03. The minimum absolute atomic E-state index is 0.00900. The zero-order chi connectivity index (χ0) is 20.6. The highest BCUT2D eigenvalue weighted by atomic mass is 32.2. The van der Waals surface area contributed by atoms with Crippen molar-refractivity contribution in [2.24, 2.45) is 5.92 Å². The molecule has 2 N–H and O–H groups in total. The Hall–Kier alpha value is -2.76. The van der Waals surface area contributed by atoms with Gasteiger partial charge in [-0.3, -0.25) is 4.79 Å². The third-order valence-electron chi connectivity index (χ3n) is 4.41. The van der Waals surface area contributed by atoms with E-state index in [1.807, 2.05) is 0 Å². The molecule has 1 aliphatic heterocycles. The summed E-state index contributed by atoms with van der Waals surface area (Å²) in [5.74, 6) is 0.332. The molecule has 0 spiro atoms. The normalized spacial score (nSPS) is 14.3. The molecule has 2 aromatic carbocycles. The van der Waals surface area contributed by atoms with Gasteiger partial charge in [-0.05, 0) is 30.2 Å². The number of aromatic nitrogens is 2. The van der Waals surface area contributed by atoms with E-state index in [-0.39, 0.29) is 23.1 Å². The van der Waals surface area contributed by atoms with Crippen molar-refractivity contribution in [1.82, 2.24) is 13.5 Å². The lowest BCUT2D eigenvalue weighted by Crippen LogP contribution is -2.47. The zero-order valence-electron chi connectivity index (χ0n) is 15.6. The molecular weight excluding hydrogens is 416 g/mol. The van der Waals surface area contributed by atoms with E-state index in [2.05, 4.69) is 18.8 Å². The lowest BCUT2D eigenvalue weighted by atomic mass is 10.0. The molecule has 1 amide bonds. The third-order valence-corrected chi connectivity index (χ3v) is 6.43. The van der Waals surface area contributed by atoms with Gasteiger partial charge in [0, 0.05) is 11.8 Å². The van der Waals surface area contributed by atoms with Crippen LogP contribution < -0.4 is 19.5 Å². The van der Waals surface area contributed by atoms with Gasteiger partial charge in [0.2, 0.25) is 22.7 Å². The average molecular weight is 434 g/mol. The van der Waals surface area contributed by atoms with Gasteiger partial charge in [-0.1, -0.05) is 19.9 Å². The van der Waals surface area contributed by atoms with E-state index in [4.69, 9.17) is 9.47 Å². The highest BCUT2D eigenvalue weighted by Crippen LogP contribution is 2.34. The van der Waals surface area contributed by atoms with E-state index in [0.717, 1.165) is 11.7 Å². The van der Waals surface area contributed by atoms with Crippen LogP contribution in [0.25, 0.3) is 11.0 Å². The monoisotopic (exact) mass is 434 g/mol. The largest absolute Gasteiger partial charge is 0.454 e. The van der Waals surface area contributed by atoms with Crippen molar-refractivity contribution in [3.05, 3.63) is 36.4 Å². The summed E-state index contributed by atoms with van der Waals surface area (Å²) in [6.07, 6.45) is 0. The molecule has 0 saturated carbocycles. The van der Waals surface area contributed by atoms with Gasteiger partial charge in [-0.15, -0.1) is 0 Å². The number of amides is 1. The van der Waals surface area contributed by atoms with Crippen molar-refractivity contribution in [2.75, 3.05) is 12.1 Å². The van der Waals surface area contributed by atoms with Crippen LogP contribution in [0.5, 0.6) is 11.5 Å². The van der Waals surface area contributed by atoms with Crippen LogP contribution >= 0.6 is 11.7 Å². The highest BCUT2D eigenvalue weighted by Gasteiger charge is 2.30. The first-order valence-corrected chi connectivity index (χ1v) is 11.0. The van der Waals surface area contributed by atoms with Gasteiger partial charge in [0.25, 0.3) is 0 Å². The van der Waals surface area contributed by atoms with E-state index in [0.29, 0.717) is 22.7 Å². The maximum atomic E-state index is 13.0. The molecule has 0 bridgehead atoms. The lowest BCUT2D eigenvalue weighted by molar-refractivity contribution is -0.118. The number of nitrogens with one attached hydrogen (secondary N) is 2. The number of rotatable bonds is 6. The fraction of sp³-hybridized carbons (Fsp3) is 0.278. The topological polar surface area (TPSA) is 120 Å². The lowest BCUT2D eigenvalue weighted by Gasteiger charge is -2.21. The average Bonchev–Trinajstić information content (AvgIpc) is 3.34. The van der Waals surface area contributed by atoms with E-state index in [9.17, 15) is 13.2 Å². The van der Waals surface area contributed by atoms with E-state index in [1.54, 1.807) is 44.2 Å². The maximum Gasteiger partial charge on any atom is 0.243 e. The van der Waals surface area contributed by atoms with E-state index >= 15 is 0 Å². The predicted octanol–water partition coefficient (Wildman–Crippen LogP) is 2.36. The van der Waals surface area contributed by atoms with Crippen molar-refractivity contribution in [1.29, 1.82) is 0 Å². The van der Waals surface area contributed by atoms with Gasteiger partial charge in [0.05, 0.1) is 11.7 Å². The SMILES string of the molecule is CC(C)[C@H](NS(=O)(=O)c1cccc2nsnc12)C(=O)Nc1ccc2c(c1)OCO2. The second-order valence-electron chi connectivity index (χ2n) is 6.79. The molecule has 0 fully saturated rings. The third kappa shape index (κ3) is 3.88. The first-order chi connectivity index (χ1) is 13.8. The van der Waals surface area contributed by atoms with Crippen LogP contribution in [-0.2, 0) is 14.8 Å². The molecular formula is C18H18N4O5S2. The van der Waals surface area contributed by atoms with Crippen LogP contribution in [0, 0.1) is 5.92 Å². The molecule has 2 heterocycles. The van der Waals surface area contributed by atoms with Gasteiger partial charge in [0.15, 0.2) is 11.5 Å². The maximum absolute atomic E-state index is 13.0. The van der Waals surface area contributed by atoms with Crippen molar-refractivity contribution >= 4 is 44.4 Å². The highest BCUT2D eigenvalue weighted by molar-refractivity contribution is 7.89. The summed E-state index contributed by atoms with van der Waals surface area (Å²) in [6.45, 7) is 3.65. The molecule has 4 rings (SSSR count). The second-order valence-corrected chi connectivity index (χ2v) is 9.00. The van der Waals surface area contributed by atoms with Crippen molar-refractivity contribution in [3.8, 4) is 11.5 Å². The number of hydrogen-bond donors (Lipinski definition) is 2. The Balaban J connectivity index is 1.57. The molecule has 29 heavy (non-hydrogen) atoms. The Bertz CT molecular complexity index is 1180. The van der Waals surface area contributed by atoms with Crippen LogP contribution in [0.15, 0.2) is 41.3 Å². The van der Waals surface area contributed by atoms with Crippen LogP contribution in [0.4, 0.5) is 5.69 Å². The quantitative estimate of drug-likeness (QED) is 0.611. The summed E-state index contributed by atoms with van der Waals surface area (Å²) in [4.78, 5) is 12.8. The molecule has 152 valence electrons. The van der Waals surface area contributed by atoms with Gasteiger partial charge in [-0.2, -0.15) is 13.5 Å². The Morgan fingerprint density at radius 2 is 1.93 bits per heavy atom. The second kappa shape index (κ2) is 7.58. The molecule has 1 aromatic heterocycles. The molecule has 9 nitrogen and oxygen atoms in total. The standard InChI is InChI=1S/C18H18N4O5S2/c1-10(2)16(18(23)19-11-6-7-13-14(8-11)27-9-26-13)22-29(24,25)15-5-3-4-12-17(15)21-28-20-12/h3-8,10,16,22H,9H2,1-2H3,(H,19,23)/t16-/m0/s1. The molecule has 0 radical (unpaired) electrons. The van der Waals surface area contributed by atoms with E-state index in [1.165, 1.54) is 6.07 Å².